The highest BCUT2D eigenvalue weighted by molar-refractivity contribution is 5.69. The lowest BCUT2D eigenvalue weighted by Crippen LogP contribution is -2.62. The minimum absolute atomic E-state index is 0.0288. The average Bonchev–Trinajstić information content (AvgIpc) is 2.93. The van der Waals surface area contributed by atoms with Gasteiger partial charge in [0.1, 0.15) is 6.10 Å². The SMILES string of the molecule is CCCCCCCCCCCCCCCCCCCC(=O)OC1CC(C)(C)N(OCC(C)(C)OC2CCCCC2)C(C)(C)C1. The maximum Gasteiger partial charge on any atom is 0.306 e. The Balaban J connectivity index is 1.52. The number of hydrogen-bond acceptors (Lipinski definition) is 5. The van der Waals surface area contributed by atoms with Gasteiger partial charge in [0.25, 0.3) is 0 Å². The molecule has 2 aliphatic rings. The Morgan fingerprint density at radius 2 is 1.09 bits per heavy atom. The van der Waals surface area contributed by atoms with Gasteiger partial charge < -0.3 is 9.47 Å². The van der Waals surface area contributed by atoms with E-state index in [2.05, 4.69) is 53.5 Å². The first kappa shape index (κ1) is 39.5. The van der Waals surface area contributed by atoms with E-state index in [9.17, 15) is 4.79 Å². The highest BCUT2D eigenvalue weighted by Gasteiger charge is 2.48. The van der Waals surface area contributed by atoms with E-state index in [1.807, 2.05) is 0 Å². The van der Waals surface area contributed by atoms with Crippen molar-refractivity contribution in [3.8, 4) is 0 Å². The third kappa shape index (κ3) is 16.8. The van der Waals surface area contributed by atoms with Crippen LogP contribution in [-0.4, -0.2) is 46.5 Å². The molecule has 0 aromatic heterocycles. The van der Waals surface area contributed by atoms with E-state index in [-0.39, 0.29) is 28.8 Å². The number of nitrogens with zero attached hydrogens (tertiary/aromatic N) is 1. The second kappa shape index (κ2) is 21.3. The van der Waals surface area contributed by atoms with Crippen molar-refractivity contribution in [2.24, 2.45) is 0 Å². The Morgan fingerprint density at radius 1 is 0.659 bits per heavy atom. The van der Waals surface area contributed by atoms with Crippen molar-refractivity contribution in [2.45, 2.75) is 238 Å². The predicted octanol–water partition coefficient (Wildman–Crippen LogP) is 11.7. The smallest absolute Gasteiger partial charge is 0.306 e. The zero-order chi connectivity index (χ0) is 32.3. The molecule has 0 amide bonds. The first-order valence-corrected chi connectivity index (χ1v) is 19.3. The molecule has 2 rings (SSSR count). The molecule has 0 aromatic carbocycles. The van der Waals surface area contributed by atoms with Gasteiger partial charge in [0.15, 0.2) is 0 Å². The molecule has 1 heterocycles. The van der Waals surface area contributed by atoms with Gasteiger partial charge in [-0.05, 0) is 60.8 Å². The summed E-state index contributed by atoms with van der Waals surface area (Å²) in [6.07, 6.45) is 31.5. The van der Waals surface area contributed by atoms with Gasteiger partial charge in [-0.15, -0.1) is 0 Å². The molecule has 5 nitrogen and oxygen atoms in total. The maximum absolute atomic E-state index is 12.7. The van der Waals surface area contributed by atoms with Gasteiger partial charge in [0, 0.05) is 30.3 Å². The first-order valence-electron chi connectivity index (χ1n) is 19.3. The number of hydroxylamine groups is 2. The Hall–Kier alpha value is -0.650. The first-order chi connectivity index (χ1) is 21.0. The molecule has 0 unspecified atom stereocenters. The fourth-order valence-corrected chi connectivity index (χ4v) is 7.73. The van der Waals surface area contributed by atoms with Crippen molar-refractivity contribution < 1.29 is 19.1 Å². The fourth-order valence-electron chi connectivity index (χ4n) is 7.73. The predicted molar refractivity (Wildman–Crippen MR) is 186 cm³/mol. The molecule has 0 atom stereocenters. The van der Waals surface area contributed by atoms with Gasteiger partial charge in [-0.1, -0.05) is 129 Å². The van der Waals surface area contributed by atoms with Gasteiger partial charge in [-0.2, -0.15) is 5.06 Å². The summed E-state index contributed by atoms with van der Waals surface area (Å²) in [5, 5.41) is 2.16. The number of hydrogen-bond donors (Lipinski definition) is 0. The van der Waals surface area contributed by atoms with Gasteiger partial charge >= 0.3 is 5.97 Å². The molecule has 260 valence electrons. The quantitative estimate of drug-likeness (QED) is 0.0792. The number of piperidine rings is 1. The summed E-state index contributed by atoms with van der Waals surface area (Å²) in [7, 11) is 0. The van der Waals surface area contributed by atoms with Crippen LogP contribution in [0.15, 0.2) is 0 Å². The molecular weight excluding hydrogens is 546 g/mol. The molecule has 0 N–H and O–H groups in total. The van der Waals surface area contributed by atoms with Crippen LogP contribution >= 0.6 is 0 Å². The van der Waals surface area contributed by atoms with E-state index in [1.165, 1.54) is 116 Å². The molecule has 1 aliphatic carbocycles. The normalized spacial score (nSPS) is 19.8. The second-order valence-corrected chi connectivity index (χ2v) is 16.3. The van der Waals surface area contributed by atoms with Crippen molar-refractivity contribution in [1.29, 1.82) is 0 Å². The minimum atomic E-state index is -0.329. The molecule has 5 heteroatoms. The number of unbranched alkanes of at least 4 members (excludes halogenated alkanes) is 16. The van der Waals surface area contributed by atoms with E-state index >= 15 is 0 Å². The van der Waals surface area contributed by atoms with Gasteiger partial charge in [0.05, 0.1) is 18.3 Å². The zero-order valence-electron chi connectivity index (χ0n) is 30.6. The summed E-state index contributed by atoms with van der Waals surface area (Å²) >= 11 is 0. The molecule has 2 fully saturated rings. The minimum Gasteiger partial charge on any atom is -0.462 e. The van der Waals surface area contributed by atoms with Crippen LogP contribution in [0.25, 0.3) is 0 Å². The van der Waals surface area contributed by atoms with Crippen LogP contribution < -0.4 is 0 Å². The van der Waals surface area contributed by atoms with Crippen LogP contribution in [0.3, 0.4) is 0 Å². The van der Waals surface area contributed by atoms with Crippen LogP contribution in [0.2, 0.25) is 0 Å². The van der Waals surface area contributed by atoms with E-state index in [4.69, 9.17) is 14.3 Å². The lowest BCUT2D eigenvalue weighted by molar-refractivity contribution is -0.312. The summed E-state index contributed by atoms with van der Waals surface area (Å²) in [5.74, 6) is -0.0288. The molecular formula is C39H75NO4. The van der Waals surface area contributed by atoms with Crippen molar-refractivity contribution in [3.05, 3.63) is 0 Å². The molecule has 0 spiro atoms. The Kier molecular flexibility index (Phi) is 19.1. The Labute approximate surface area is 274 Å². The molecule has 1 aliphatic heterocycles. The number of carbonyl (C=O) groups excluding carboxylic acids is 1. The van der Waals surface area contributed by atoms with Gasteiger partial charge in [0.2, 0.25) is 0 Å². The van der Waals surface area contributed by atoms with Crippen LogP contribution in [0.4, 0.5) is 0 Å². The van der Waals surface area contributed by atoms with Crippen molar-refractivity contribution >= 4 is 5.97 Å². The van der Waals surface area contributed by atoms with Gasteiger partial charge in [-0.3, -0.25) is 9.63 Å². The summed E-state index contributed by atoms with van der Waals surface area (Å²) in [4.78, 5) is 19.2. The number of ether oxygens (including phenoxy) is 2. The zero-order valence-corrected chi connectivity index (χ0v) is 30.6. The van der Waals surface area contributed by atoms with Crippen LogP contribution in [-0.2, 0) is 19.1 Å². The highest BCUT2D eigenvalue weighted by Crippen LogP contribution is 2.40. The highest BCUT2D eigenvalue weighted by atomic mass is 16.7. The van der Waals surface area contributed by atoms with E-state index in [0.717, 1.165) is 38.5 Å². The Bertz CT molecular complexity index is 724. The number of carbonyl (C=O) groups is 1. The monoisotopic (exact) mass is 622 g/mol. The molecule has 0 bridgehead atoms. The lowest BCUT2D eigenvalue weighted by Gasteiger charge is -2.53. The van der Waals surface area contributed by atoms with Crippen LogP contribution in [0, 0.1) is 0 Å². The molecule has 1 saturated carbocycles. The molecule has 44 heavy (non-hydrogen) atoms. The van der Waals surface area contributed by atoms with Gasteiger partial charge in [-0.25, -0.2) is 0 Å². The summed E-state index contributed by atoms with van der Waals surface area (Å²) in [5.41, 5.74) is -0.798. The third-order valence-electron chi connectivity index (χ3n) is 9.92. The molecule has 0 aromatic rings. The van der Waals surface area contributed by atoms with Crippen molar-refractivity contribution in [1.82, 2.24) is 5.06 Å². The largest absolute Gasteiger partial charge is 0.462 e. The lowest BCUT2D eigenvalue weighted by atomic mass is 9.80. The van der Waals surface area contributed by atoms with E-state index < -0.39 is 0 Å². The standard InChI is InChI=1S/C39H75NO4/c1-8-9-10-11-12-13-14-15-16-17-18-19-20-21-22-23-27-30-36(41)43-35-31-37(2,3)40(38(4,5)32-35)42-33-39(6,7)44-34-28-25-24-26-29-34/h34-35H,8-33H2,1-7H3. The van der Waals surface area contributed by atoms with Crippen molar-refractivity contribution in [3.63, 3.8) is 0 Å². The molecule has 1 saturated heterocycles. The van der Waals surface area contributed by atoms with Crippen molar-refractivity contribution in [2.75, 3.05) is 6.61 Å². The topological polar surface area (TPSA) is 48.0 Å². The maximum atomic E-state index is 12.7. The Morgan fingerprint density at radius 3 is 1.55 bits per heavy atom. The second-order valence-electron chi connectivity index (χ2n) is 16.3. The number of esters is 1. The fraction of sp³-hybridized carbons (Fsp3) is 0.974. The van der Waals surface area contributed by atoms with E-state index in [0.29, 0.717) is 19.1 Å². The van der Waals surface area contributed by atoms with E-state index in [1.54, 1.807) is 0 Å². The summed E-state index contributed by atoms with van der Waals surface area (Å²) in [6, 6.07) is 0. The van der Waals surface area contributed by atoms with Crippen LogP contribution in [0.5, 0.6) is 0 Å². The average molecular weight is 622 g/mol. The summed E-state index contributed by atoms with van der Waals surface area (Å²) in [6.45, 7) is 15.9. The van der Waals surface area contributed by atoms with Crippen LogP contribution in [0.1, 0.15) is 209 Å². The number of rotatable bonds is 24. The summed E-state index contributed by atoms with van der Waals surface area (Å²) < 4.78 is 12.5. The third-order valence-corrected chi connectivity index (χ3v) is 9.92. The molecule has 0 radical (unpaired) electrons.